The fourth-order valence-corrected chi connectivity index (χ4v) is 3.16. The molecule has 0 saturated heterocycles. The van der Waals surface area contributed by atoms with E-state index in [1.807, 2.05) is 55.5 Å². The Hall–Kier alpha value is -2.34. The number of hydrogen-bond acceptors (Lipinski definition) is 5. The zero-order valence-corrected chi connectivity index (χ0v) is 13.5. The number of carbonyl (C=O) groups is 1. The van der Waals surface area contributed by atoms with Gasteiger partial charge in [-0.25, -0.2) is 0 Å². The maximum absolute atomic E-state index is 12.3. The number of nitrogens with zero attached hydrogens (tertiary/aromatic N) is 2. The molecular formula is C17H17N3O2S. The number of ether oxygens (including phenoxy) is 1. The van der Waals surface area contributed by atoms with Crippen LogP contribution in [0.4, 0.5) is 0 Å². The molecule has 1 unspecified atom stereocenters. The minimum Gasteiger partial charge on any atom is -0.460 e. The number of nitrogens with one attached hydrogen (secondary N) is 1. The summed E-state index contributed by atoms with van der Waals surface area (Å²) in [6, 6.07) is 15.5. The summed E-state index contributed by atoms with van der Waals surface area (Å²) in [5.41, 5.74) is 2.47. The van der Waals surface area contributed by atoms with Crippen LogP contribution < -0.4 is 0 Å². The number of H-pyrrole nitrogens is 1. The summed E-state index contributed by atoms with van der Waals surface area (Å²) in [5, 5.41) is 10.4. The molecule has 0 spiro atoms. The smallest absolute Gasteiger partial charge is 0.319 e. The monoisotopic (exact) mass is 327 g/mol. The highest BCUT2D eigenvalue weighted by atomic mass is 32.2. The first-order valence-corrected chi connectivity index (χ1v) is 8.32. The van der Waals surface area contributed by atoms with Crippen LogP contribution in [0.2, 0.25) is 0 Å². The van der Waals surface area contributed by atoms with Gasteiger partial charge in [-0.3, -0.25) is 4.79 Å². The van der Waals surface area contributed by atoms with Crippen LogP contribution in [0.1, 0.15) is 18.9 Å². The third-order valence-electron chi connectivity index (χ3n) is 3.42. The Morgan fingerprint density at radius 3 is 2.74 bits per heavy atom. The topological polar surface area (TPSA) is 67.9 Å². The summed E-state index contributed by atoms with van der Waals surface area (Å²) in [4.78, 5) is 13.4. The van der Waals surface area contributed by atoms with E-state index in [1.54, 1.807) is 0 Å². The van der Waals surface area contributed by atoms with Crippen LogP contribution in [0.25, 0.3) is 11.0 Å². The van der Waals surface area contributed by atoms with E-state index >= 15 is 0 Å². The Bertz CT molecular complexity index is 789. The molecule has 0 aliphatic carbocycles. The molecule has 23 heavy (non-hydrogen) atoms. The highest BCUT2D eigenvalue weighted by molar-refractivity contribution is 8.00. The molecule has 0 amide bonds. The number of rotatable bonds is 6. The van der Waals surface area contributed by atoms with Crippen molar-refractivity contribution in [3.8, 4) is 0 Å². The van der Waals surface area contributed by atoms with Crippen LogP contribution in [-0.4, -0.2) is 26.6 Å². The molecule has 3 aromatic rings. The molecule has 1 heterocycles. The normalized spacial score (nSPS) is 12.2. The minimum atomic E-state index is -0.201. The Balaban J connectivity index is 1.60. The SMILES string of the molecule is CCC(Sc1ccccc1)C(=O)OCc1ccc2n[nH]nc2c1. The molecule has 1 atom stereocenters. The first-order valence-electron chi connectivity index (χ1n) is 7.44. The van der Waals surface area contributed by atoms with Crippen LogP contribution in [-0.2, 0) is 16.1 Å². The highest BCUT2D eigenvalue weighted by Crippen LogP contribution is 2.26. The van der Waals surface area contributed by atoms with Crippen LogP contribution in [0.5, 0.6) is 0 Å². The van der Waals surface area contributed by atoms with Gasteiger partial charge in [0.25, 0.3) is 0 Å². The molecule has 0 aliphatic rings. The summed E-state index contributed by atoms with van der Waals surface area (Å²) in [6.45, 7) is 2.23. The van der Waals surface area contributed by atoms with E-state index in [9.17, 15) is 4.79 Å². The van der Waals surface area contributed by atoms with Crippen LogP contribution in [0, 0.1) is 0 Å². The van der Waals surface area contributed by atoms with Crippen molar-refractivity contribution < 1.29 is 9.53 Å². The van der Waals surface area contributed by atoms with E-state index < -0.39 is 0 Å². The van der Waals surface area contributed by atoms with Crippen LogP contribution in [0.15, 0.2) is 53.4 Å². The number of thioether (sulfide) groups is 1. The summed E-state index contributed by atoms with van der Waals surface area (Å²) in [5.74, 6) is -0.193. The third kappa shape index (κ3) is 3.90. The minimum absolute atomic E-state index is 0.193. The zero-order valence-electron chi connectivity index (χ0n) is 12.7. The molecule has 5 nitrogen and oxygen atoms in total. The van der Waals surface area contributed by atoms with Gasteiger partial charge in [0.2, 0.25) is 0 Å². The first kappa shape index (κ1) is 15.6. The van der Waals surface area contributed by atoms with Crippen molar-refractivity contribution in [2.75, 3.05) is 0 Å². The Labute approximate surface area is 138 Å². The number of hydrogen-bond donors (Lipinski definition) is 1. The summed E-state index contributed by atoms with van der Waals surface area (Å²) in [6.07, 6.45) is 0.723. The van der Waals surface area contributed by atoms with Gasteiger partial charge in [0.15, 0.2) is 0 Å². The lowest BCUT2D eigenvalue weighted by Gasteiger charge is -2.14. The third-order valence-corrected chi connectivity index (χ3v) is 4.77. The molecule has 0 aliphatic heterocycles. The molecule has 3 rings (SSSR count). The standard InChI is InChI=1S/C17H17N3O2S/c1-2-16(23-13-6-4-3-5-7-13)17(21)22-11-12-8-9-14-15(10-12)19-20-18-14/h3-10,16H,2,11H2,1H3,(H,18,19,20). The second kappa shape index (κ2) is 7.28. The molecule has 0 saturated carbocycles. The van der Waals surface area contributed by atoms with Crippen LogP contribution in [0.3, 0.4) is 0 Å². The van der Waals surface area contributed by atoms with Crippen molar-refractivity contribution in [3.63, 3.8) is 0 Å². The van der Waals surface area contributed by atoms with Crippen molar-refractivity contribution in [2.24, 2.45) is 0 Å². The molecular weight excluding hydrogens is 310 g/mol. The highest BCUT2D eigenvalue weighted by Gasteiger charge is 2.19. The van der Waals surface area contributed by atoms with Gasteiger partial charge in [0, 0.05) is 4.90 Å². The molecule has 0 fully saturated rings. The predicted molar refractivity (Wildman–Crippen MR) is 90.1 cm³/mol. The van der Waals surface area contributed by atoms with Gasteiger partial charge in [0.1, 0.15) is 22.9 Å². The van der Waals surface area contributed by atoms with Crippen molar-refractivity contribution in [1.82, 2.24) is 15.4 Å². The number of aromatic amines is 1. The van der Waals surface area contributed by atoms with Crippen LogP contribution >= 0.6 is 11.8 Å². The van der Waals surface area contributed by atoms with E-state index in [2.05, 4.69) is 15.4 Å². The number of carbonyl (C=O) groups excluding carboxylic acids is 1. The number of aromatic nitrogens is 3. The Morgan fingerprint density at radius 2 is 1.96 bits per heavy atom. The van der Waals surface area contributed by atoms with Gasteiger partial charge in [-0.05, 0) is 36.2 Å². The average molecular weight is 327 g/mol. The summed E-state index contributed by atoms with van der Waals surface area (Å²) < 4.78 is 5.46. The lowest BCUT2D eigenvalue weighted by atomic mass is 10.2. The quantitative estimate of drug-likeness (QED) is 0.554. The maximum Gasteiger partial charge on any atom is 0.319 e. The largest absolute Gasteiger partial charge is 0.460 e. The van der Waals surface area contributed by atoms with Crippen molar-refractivity contribution in [2.45, 2.75) is 30.1 Å². The molecule has 1 N–H and O–H groups in total. The maximum atomic E-state index is 12.3. The molecule has 2 aromatic carbocycles. The van der Waals surface area contributed by atoms with Gasteiger partial charge in [-0.15, -0.1) is 11.8 Å². The van der Waals surface area contributed by atoms with Gasteiger partial charge < -0.3 is 4.74 Å². The average Bonchev–Trinajstić information content (AvgIpc) is 3.06. The zero-order chi connectivity index (χ0) is 16.1. The Morgan fingerprint density at radius 1 is 1.17 bits per heavy atom. The molecule has 6 heteroatoms. The number of esters is 1. The second-order valence-corrected chi connectivity index (χ2v) is 6.36. The number of benzene rings is 2. The fraction of sp³-hybridized carbons (Fsp3) is 0.235. The van der Waals surface area contributed by atoms with Crippen molar-refractivity contribution >= 4 is 28.8 Å². The van der Waals surface area contributed by atoms with Gasteiger partial charge in [-0.2, -0.15) is 15.4 Å². The summed E-state index contributed by atoms with van der Waals surface area (Å²) in [7, 11) is 0. The molecule has 0 bridgehead atoms. The molecule has 0 radical (unpaired) electrons. The number of fused-ring (bicyclic) bond motifs is 1. The van der Waals surface area contributed by atoms with E-state index in [-0.39, 0.29) is 17.8 Å². The van der Waals surface area contributed by atoms with E-state index in [1.165, 1.54) is 11.8 Å². The lowest BCUT2D eigenvalue weighted by molar-refractivity contribution is -0.144. The van der Waals surface area contributed by atoms with Gasteiger partial charge in [-0.1, -0.05) is 31.2 Å². The van der Waals surface area contributed by atoms with Crippen molar-refractivity contribution in [3.05, 3.63) is 54.1 Å². The van der Waals surface area contributed by atoms with E-state index in [0.29, 0.717) is 0 Å². The molecule has 118 valence electrons. The lowest BCUT2D eigenvalue weighted by Crippen LogP contribution is -2.19. The Kier molecular flexibility index (Phi) is 4.92. The first-order chi connectivity index (χ1) is 11.3. The van der Waals surface area contributed by atoms with Gasteiger partial charge >= 0.3 is 5.97 Å². The van der Waals surface area contributed by atoms with E-state index in [4.69, 9.17) is 4.74 Å². The fourth-order valence-electron chi connectivity index (χ4n) is 2.18. The summed E-state index contributed by atoms with van der Waals surface area (Å²) >= 11 is 1.53. The second-order valence-electron chi connectivity index (χ2n) is 5.08. The van der Waals surface area contributed by atoms with E-state index in [0.717, 1.165) is 27.9 Å². The predicted octanol–water partition coefficient (Wildman–Crippen LogP) is 3.57. The van der Waals surface area contributed by atoms with Gasteiger partial charge in [0.05, 0.1) is 0 Å². The molecule has 1 aromatic heterocycles. The van der Waals surface area contributed by atoms with Crippen molar-refractivity contribution in [1.29, 1.82) is 0 Å².